The van der Waals surface area contributed by atoms with Gasteiger partial charge in [-0.3, -0.25) is 4.79 Å². The molecule has 0 saturated heterocycles. The third-order valence-corrected chi connectivity index (χ3v) is 4.54. The molecule has 118 valence electrons. The van der Waals surface area contributed by atoms with Crippen molar-refractivity contribution >= 4 is 5.91 Å². The maximum Gasteiger partial charge on any atom is 0.226 e. The average molecular weight is 282 g/mol. The van der Waals surface area contributed by atoms with Crippen molar-refractivity contribution in [3.63, 3.8) is 0 Å². The molecule has 2 atom stereocenters. The van der Waals surface area contributed by atoms with Crippen LogP contribution in [0.2, 0.25) is 0 Å². The number of nitrogens with two attached hydrogens (primary N) is 1. The van der Waals surface area contributed by atoms with Gasteiger partial charge in [-0.25, -0.2) is 0 Å². The van der Waals surface area contributed by atoms with Crippen molar-refractivity contribution in [2.45, 2.75) is 59.8 Å². The Hall–Kier alpha value is -0.570. The Labute approximate surface area is 125 Å². The second-order valence-corrected chi connectivity index (χ2v) is 7.22. The van der Waals surface area contributed by atoms with E-state index in [0.29, 0.717) is 30.2 Å². The van der Waals surface area contributed by atoms with E-state index in [2.05, 4.69) is 32.6 Å². The largest absolute Gasteiger partial charge is 0.342 e. The fourth-order valence-electron chi connectivity index (χ4n) is 3.04. The molecule has 3 nitrogen and oxygen atoms in total. The van der Waals surface area contributed by atoms with E-state index in [1.165, 1.54) is 6.42 Å². The van der Waals surface area contributed by atoms with Gasteiger partial charge in [0, 0.05) is 19.0 Å². The highest BCUT2D eigenvalue weighted by Crippen LogP contribution is 2.32. The summed E-state index contributed by atoms with van der Waals surface area (Å²) in [6, 6.07) is 0. The van der Waals surface area contributed by atoms with Gasteiger partial charge in [-0.15, -0.1) is 0 Å². The van der Waals surface area contributed by atoms with E-state index >= 15 is 0 Å². The molecule has 1 aliphatic rings. The molecule has 2 unspecified atom stereocenters. The molecular weight excluding hydrogens is 248 g/mol. The van der Waals surface area contributed by atoms with Gasteiger partial charge in [0.2, 0.25) is 5.91 Å². The van der Waals surface area contributed by atoms with E-state index in [4.69, 9.17) is 5.73 Å². The second kappa shape index (κ2) is 8.66. The SMILES string of the molecule is CC(C)CCN(CCC(C)C)C(=O)C1CCCC1CN. The second-order valence-electron chi connectivity index (χ2n) is 7.22. The zero-order valence-corrected chi connectivity index (χ0v) is 13.9. The van der Waals surface area contributed by atoms with Gasteiger partial charge in [-0.2, -0.15) is 0 Å². The van der Waals surface area contributed by atoms with Crippen molar-refractivity contribution in [1.82, 2.24) is 4.90 Å². The van der Waals surface area contributed by atoms with Gasteiger partial charge in [0.25, 0.3) is 0 Å². The third-order valence-electron chi connectivity index (χ3n) is 4.54. The Morgan fingerprint density at radius 2 is 1.65 bits per heavy atom. The van der Waals surface area contributed by atoms with Gasteiger partial charge in [0.1, 0.15) is 0 Å². The van der Waals surface area contributed by atoms with Crippen molar-refractivity contribution in [2.24, 2.45) is 29.4 Å². The van der Waals surface area contributed by atoms with Gasteiger partial charge in [-0.05, 0) is 50.0 Å². The van der Waals surface area contributed by atoms with Gasteiger partial charge in [0.15, 0.2) is 0 Å². The molecule has 1 amide bonds. The van der Waals surface area contributed by atoms with E-state index in [1.54, 1.807) is 0 Å². The highest BCUT2D eigenvalue weighted by Gasteiger charge is 2.34. The Balaban J connectivity index is 2.61. The lowest BCUT2D eigenvalue weighted by atomic mass is 9.94. The molecule has 3 heteroatoms. The lowest BCUT2D eigenvalue weighted by Crippen LogP contribution is -2.40. The summed E-state index contributed by atoms with van der Waals surface area (Å²) in [5.41, 5.74) is 5.84. The number of amides is 1. The van der Waals surface area contributed by atoms with E-state index in [-0.39, 0.29) is 5.92 Å². The van der Waals surface area contributed by atoms with Crippen LogP contribution >= 0.6 is 0 Å². The first-order chi connectivity index (χ1) is 9.45. The summed E-state index contributed by atoms with van der Waals surface area (Å²) >= 11 is 0. The summed E-state index contributed by atoms with van der Waals surface area (Å²) in [5, 5.41) is 0. The lowest BCUT2D eigenvalue weighted by Gasteiger charge is -2.29. The molecule has 1 rings (SSSR count). The number of hydrogen-bond donors (Lipinski definition) is 1. The minimum Gasteiger partial charge on any atom is -0.342 e. The van der Waals surface area contributed by atoms with Gasteiger partial charge < -0.3 is 10.6 Å². The maximum atomic E-state index is 12.8. The molecule has 2 N–H and O–H groups in total. The topological polar surface area (TPSA) is 46.3 Å². The Kier molecular flexibility index (Phi) is 7.57. The molecule has 0 heterocycles. The van der Waals surface area contributed by atoms with Crippen molar-refractivity contribution in [2.75, 3.05) is 19.6 Å². The molecule has 0 aromatic rings. The first kappa shape index (κ1) is 17.5. The maximum absolute atomic E-state index is 12.8. The van der Waals surface area contributed by atoms with Crippen LogP contribution in [0, 0.1) is 23.7 Å². The molecule has 1 aliphatic carbocycles. The lowest BCUT2D eigenvalue weighted by molar-refractivity contribution is -0.137. The number of hydrogen-bond acceptors (Lipinski definition) is 2. The zero-order valence-electron chi connectivity index (χ0n) is 13.9. The quantitative estimate of drug-likeness (QED) is 0.742. The van der Waals surface area contributed by atoms with Crippen LogP contribution in [0.25, 0.3) is 0 Å². The molecule has 0 spiro atoms. The molecule has 20 heavy (non-hydrogen) atoms. The summed E-state index contributed by atoms with van der Waals surface area (Å²) in [5.74, 6) is 2.29. The zero-order chi connectivity index (χ0) is 15.1. The van der Waals surface area contributed by atoms with Crippen LogP contribution < -0.4 is 5.73 Å². The molecule has 0 aromatic carbocycles. The third kappa shape index (κ3) is 5.43. The summed E-state index contributed by atoms with van der Waals surface area (Å²) in [7, 11) is 0. The molecular formula is C17H34N2O. The summed E-state index contributed by atoms with van der Waals surface area (Å²) < 4.78 is 0. The van der Waals surface area contributed by atoms with Crippen LogP contribution in [0.1, 0.15) is 59.8 Å². The fourth-order valence-corrected chi connectivity index (χ4v) is 3.04. The number of nitrogens with zero attached hydrogens (tertiary/aromatic N) is 1. The molecule has 0 bridgehead atoms. The van der Waals surface area contributed by atoms with E-state index < -0.39 is 0 Å². The molecule has 1 fully saturated rings. The number of carbonyl (C=O) groups is 1. The molecule has 1 saturated carbocycles. The van der Waals surface area contributed by atoms with E-state index in [0.717, 1.165) is 38.8 Å². The predicted octanol–water partition coefficient (Wildman–Crippen LogP) is 3.28. The standard InChI is InChI=1S/C17H34N2O/c1-13(2)8-10-19(11-9-14(3)4)17(20)16-7-5-6-15(16)12-18/h13-16H,5-12,18H2,1-4H3. The molecule has 0 aromatic heterocycles. The van der Waals surface area contributed by atoms with Crippen LogP contribution in [0.5, 0.6) is 0 Å². The molecule has 0 radical (unpaired) electrons. The smallest absolute Gasteiger partial charge is 0.226 e. The number of rotatable bonds is 8. The minimum absolute atomic E-state index is 0.194. The Morgan fingerprint density at radius 1 is 1.10 bits per heavy atom. The predicted molar refractivity (Wildman–Crippen MR) is 85.4 cm³/mol. The monoisotopic (exact) mass is 282 g/mol. The highest BCUT2D eigenvalue weighted by molar-refractivity contribution is 5.79. The van der Waals surface area contributed by atoms with Crippen LogP contribution in [0.15, 0.2) is 0 Å². The average Bonchev–Trinajstić information content (AvgIpc) is 2.85. The Morgan fingerprint density at radius 3 is 2.10 bits per heavy atom. The van der Waals surface area contributed by atoms with Gasteiger partial charge in [-0.1, -0.05) is 34.1 Å². The molecule has 0 aliphatic heterocycles. The van der Waals surface area contributed by atoms with Crippen LogP contribution in [0.4, 0.5) is 0 Å². The summed E-state index contributed by atoms with van der Waals surface area (Å²) in [4.78, 5) is 14.9. The normalized spacial score (nSPS) is 22.8. The summed E-state index contributed by atoms with van der Waals surface area (Å²) in [6.07, 6.45) is 5.55. The van der Waals surface area contributed by atoms with Crippen molar-refractivity contribution in [3.8, 4) is 0 Å². The van der Waals surface area contributed by atoms with Crippen LogP contribution in [-0.2, 0) is 4.79 Å². The van der Waals surface area contributed by atoms with E-state index in [1.807, 2.05) is 0 Å². The summed E-state index contributed by atoms with van der Waals surface area (Å²) in [6.45, 7) is 11.4. The highest BCUT2D eigenvalue weighted by atomic mass is 16.2. The minimum atomic E-state index is 0.194. The van der Waals surface area contributed by atoms with Crippen LogP contribution in [-0.4, -0.2) is 30.4 Å². The van der Waals surface area contributed by atoms with Crippen molar-refractivity contribution in [1.29, 1.82) is 0 Å². The van der Waals surface area contributed by atoms with Crippen molar-refractivity contribution in [3.05, 3.63) is 0 Å². The Bertz CT molecular complexity index is 277. The first-order valence-corrected chi connectivity index (χ1v) is 8.44. The van der Waals surface area contributed by atoms with Crippen molar-refractivity contribution < 1.29 is 4.79 Å². The first-order valence-electron chi connectivity index (χ1n) is 8.44. The van der Waals surface area contributed by atoms with Gasteiger partial charge >= 0.3 is 0 Å². The van der Waals surface area contributed by atoms with Crippen LogP contribution in [0.3, 0.4) is 0 Å². The van der Waals surface area contributed by atoms with Gasteiger partial charge in [0.05, 0.1) is 0 Å². The number of carbonyl (C=O) groups excluding carboxylic acids is 1. The fraction of sp³-hybridized carbons (Fsp3) is 0.941. The van der Waals surface area contributed by atoms with E-state index in [9.17, 15) is 4.79 Å².